The molecule has 2 rings (SSSR count). The molecule has 88 valence electrons. The van der Waals surface area contributed by atoms with Gasteiger partial charge in [-0.25, -0.2) is 0 Å². The third kappa shape index (κ3) is 3.17. The number of benzene rings is 2. The van der Waals surface area contributed by atoms with Crippen LogP contribution in [-0.2, 0) is 16.6 Å². The fourth-order valence-electron chi connectivity index (χ4n) is 1.67. The lowest BCUT2D eigenvalue weighted by Gasteiger charge is -2.04. The zero-order valence-electron chi connectivity index (χ0n) is 9.72. The third-order valence-electron chi connectivity index (χ3n) is 2.50. The summed E-state index contributed by atoms with van der Waals surface area (Å²) in [5.41, 5.74) is 8.54. The Morgan fingerprint density at radius 1 is 1.12 bits per heavy atom. The minimum Gasteiger partial charge on any atom is -0.399 e. The number of anilines is 1. The molecule has 2 N–H and O–H groups in total. The van der Waals surface area contributed by atoms with E-state index in [0.717, 1.165) is 16.0 Å². The van der Waals surface area contributed by atoms with Gasteiger partial charge in [0, 0.05) is 10.6 Å². The van der Waals surface area contributed by atoms with Gasteiger partial charge in [-0.3, -0.25) is 4.21 Å². The highest BCUT2D eigenvalue weighted by Gasteiger charge is 2.05. The summed E-state index contributed by atoms with van der Waals surface area (Å²) >= 11 is 0. The van der Waals surface area contributed by atoms with E-state index in [9.17, 15) is 4.21 Å². The van der Waals surface area contributed by atoms with Crippen LogP contribution in [0.15, 0.2) is 53.4 Å². The first-order valence-corrected chi connectivity index (χ1v) is 6.76. The van der Waals surface area contributed by atoms with Crippen molar-refractivity contribution in [3.05, 3.63) is 59.7 Å². The summed E-state index contributed by atoms with van der Waals surface area (Å²) in [5, 5.41) is 0. The molecule has 0 saturated heterocycles. The molecule has 0 aliphatic rings. The standard InChI is InChI=1S/C14H15NOS/c1-11-4-2-7-14(8-11)17(16)10-12-5-3-6-13(15)9-12/h2-9H,10,15H2,1H3. The summed E-state index contributed by atoms with van der Waals surface area (Å²) < 4.78 is 12.1. The van der Waals surface area contributed by atoms with E-state index in [4.69, 9.17) is 5.73 Å². The van der Waals surface area contributed by atoms with Crippen molar-refractivity contribution in [3.8, 4) is 0 Å². The molecule has 0 aliphatic carbocycles. The van der Waals surface area contributed by atoms with Crippen molar-refractivity contribution >= 4 is 16.5 Å². The highest BCUT2D eigenvalue weighted by atomic mass is 32.2. The molecule has 0 saturated carbocycles. The first kappa shape index (κ1) is 11.9. The molecule has 1 unspecified atom stereocenters. The predicted molar refractivity (Wildman–Crippen MR) is 72.1 cm³/mol. The minimum absolute atomic E-state index is 0.508. The quantitative estimate of drug-likeness (QED) is 0.845. The molecule has 2 nitrogen and oxygen atoms in total. The van der Waals surface area contributed by atoms with Gasteiger partial charge >= 0.3 is 0 Å². The van der Waals surface area contributed by atoms with E-state index < -0.39 is 10.8 Å². The van der Waals surface area contributed by atoms with Crippen molar-refractivity contribution < 1.29 is 4.21 Å². The Morgan fingerprint density at radius 3 is 2.59 bits per heavy atom. The van der Waals surface area contributed by atoms with Crippen LogP contribution in [0.5, 0.6) is 0 Å². The average Bonchev–Trinajstić information content (AvgIpc) is 2.29. The first-order valence-electron chi connectivity index (χ1n) is 5.44. The molecule has 3 heteroatoms. The second-order valence-corrected chi connectivity index (χ2v) is 5.50. The fourth-order valence-corrected chi connectivity index (χ4v) is 2.87. The zero-order valence-corrected chi connectivity index (χ0v) is 10.5. The number of aryl methyl sites for hydroxylation is 1. The molecule has 0 amide bonds. The molecule has 2 aromatic rings. The van der Waals surface area contributed by atoms with Crippen molar-refractivity contribution in [2.24, 2.45) is 0 Å². The molecule has 0 radical (unpaired) electrons. The second kappa shape index (κ2) is 5.15. The molecule has 0 fully saturated rings. The highest BCUT2D eigenvalue weighted by molar-refractivity contribution is 7.84. The van der Waals surface area contributed by atoms with Crippen LogP contribution in [0.4, 0.5) is 5.69 Å². The third-order valence-corrected chi connectivity index (χ3v) is 3.88. The van der Waals surface area contributed by atoms with E-state index in [-0.39, 0.29) is 0 Å². The number of hydrogen-bond acceptors (Lipinski definition) is 2. The van der Waals surface area contributed by atoms with E-state index in [1.54, 1.807) is 0 Å². The summed E-state index contributed by atoms with van der Waals surface area (Å²) in [6, 6.07) is 15.3. The van der Waals surface area contributed by atoms with Crippen molar-refractivity contribution in [2.75, 3.05) is 5.73 Å². The highest BCUT2D eigenvalue weighted by Crippen LogP contribution is 2.15. The Labute approximate surface area is 104 Å². The summed E-state index contributed by atoms with van der Waals surface area (Å²) in [6.45, 7) is 2.00. The van der Waals surface area contributed by atoms with Gasteiger partial charge in [0.2, 0.25) is 0 Å². The lowest BCUT2D eigenvalue weighted by atomic mass is 10.2. The van der Waals surface area contributed by atoms with Gasteiger partial charge in [0.25, 0.3) is 0 Å². The van der Waals surface area contributed by atoms with Gasteiger partial charge in [0.1, 0.15) is 0 Å². The Morgan fingerprint density at radius 2 is 1.88 bits per heavy atom. The maximum atomic E-state index is 12.1. The SMILES string of the molecule is Cc1cccc(S(=O)Cc2cccc(N)c2)c1. The maximum Gasteiger partial charge on any atom is 0.0574 e. The average molecular weight is 245 g/mol. The molecule has 1 atom stereocenters. The topological polar surface area (TPSA) is 43.1 Å². The molecule has 0 aliphatic heterocycles. The molecule has 0 heterocycles. The Balaban J connectivity index is 2.17. The van der Waals surface area contributed by atoms with Crippen LogP contribution in [0, 0.1) is 6.92 Å². The largest absolute Gasteiger partial charge is 0.399 e. The van der Waals surface area contributed by atoms with E-state index in [1.807, 2.05) is 55.5 Å². The van der Waals surface area contributed by atoms with Crippen LogP contribution in [0.1, 0.15) is 11.1 Å². The van der Waals surface area contributed by atoms with Crippen LogP contribution in [0.2, 0.25) is 0 Å². The van der Waals surface area contributed by atoms with Crippen LogP contribution in [0.25, 0.3) is 0 Å². The predicted octanol–water partition coefficient (Wildman–Crippen LogP) is 2.89. The van der Waals surface area contributed by atoms with Crippen LogP contribution in [-0.4, -0.2) is 4.21 Å². The fraction of sp³-hybridized carbons (Fsp3) is 0.143. The van der Waals surface area contributed by atoms with Gasteiger partial charge in [-0.15, -0.1) is 0 Å². The van der Waals surface area contributed by atoms with Gasteiger partial charge in [-0.2, -0.15) is 0 Å². The molecule has 0 bridgehead atoms. The monoisotopic (exact) mass is 245 g/mol. The summed E-state index contributed by atoms with van der Waals surface area (Å²) in [4.78, 5) is 0.868. The van der Waals surface area contributed by atoms with Gasteiger partial charge in [0.15, 0.2) is 0 Å². The zero-order chi connectivity index (χ0) is 12.3. The number of hydrogen-bond donors (Lipinski definition) is 1. The Kier molecular flexibility index (Phi) is 3.59. The van der Waals surface area contributed by atoms with E-state index >= 15 is 0 Å². The summed E-state index contributed by atoms with van der Waals surface area (Å²) in [7, 11) is -1.01. The summed E-state index contributed by atoms with van der Waals surface area (Å²) in [5.74, 6) is 0.508. The molecule has 0 aromatic heterocycles. The Hall–Kier alpha value is -1.61. The Bertz CT molecular complexity index is 551. The van der Waals surface area contributed by atoms with E-state index in [2.05, 4.69) is 0 Å². The maximum absolute atomic E-state index is 12.1. The lowest BCUT2D eigenvalue weighted by Crippen LogP contribution is -1.97. The van der Waals surface area contributed by atoms with Crippen LogP contribution in [0.3, 0.4) is 0 Å². The van der Waals surface area contributed by atoms with Gasteiger partial charge in [-0.1, -0.05) is 24.3 Å². The second-order valence-electron chi connectivity index (χ2n) is 4.05. The number of rotatable bonds is 3. The first-order chi connectivity index (χ1) is 8.15. The van der Waals surface area contributed by atoms with Crippen LogP contribution < -0.4 is 5.73 Å². The van der Waals surface area contributed by atoms with Crippen molar-refractivity contribution in [3.63, 3.8) is 0 Å². The van der Waals surface area contributed by atoms with E-state index in [1.165, 1.54) is 0 Å². The molecular formula is C14H15NOS. The molecule has 0 spiro atoms. The summed E-state index contributed by atoms with van der Waals surface area (Å²) in [6.07, 6.45) is 0. The van der Waals surface area contributed by atoms with Crippen molar-refractivity contribution in [1.82, 2.24) is 0 Å². The van der Waals surface area contributed by atoms with Gasteiger partial charge in [0.05, 0.1) is 16.6 Å². The van der Waals surface area contributed by atoms with Crippen molar-refractivity contribution in [2.45, 2.75) is 17.6 Å². The van der Waals surface area contributed by atoms with Crippen LogP contribution >= 0.6 is 0 Å². The number of nitrogens with two attached hydrogens (primary N) is 1. The van der Waals surface area contributed by atoms with E-state index in [0.29, 0.717) is 11.4 Å². The molecule has 17 heavy (non-hydrogen) atoms. The van der Waals surface area contributed by atoms with Crippen molar-refractivity contribution in [1.29, 1.82) is 0 Å². The minimum atomic E-state index is -1.01. The normalized spacial score (nSPS) is 12.3. The van der Waals surface area contributed by atoms with Gasteiger partial charge in [-0.05, 0) is 42.3 Å². The van der Waals surface area contributed by atoms with Gasteiger partial charge < -0.3 is 5.73 Å². The smallest absolute Gasteiger partial charge is 0.0574 e. The lowest BCUT2D eigenvalue weighted by molar-refractivity contribution is 0.682. The molecular weight excluding hydrogens is 230 g/mol. The number of nitrogen functional groups attached to an aromatic ring is 1. The molecule has 2 aromatic carbocycles.